The van der Waals surface area contributed by atoms with Gasteiger partial charge in [0, 0.05) is 8.95 Å². The van der Waals surface area contributed by atoms with Gasteiger partial charge in [-0.05, 0) is 44.0 Å². The van der Waals surface area contributed by atoms with Gasteiger partial charge in [0.2, 0.25) is 0 Å². The normalized spacial score (nSPS) is 11.6. The van der Waals surface area contributed by atoms with Crippen molar-refractivity contribution in [2.45, 2.75) is 6.36 Å². The minimum Gasteiger partial charge on any atom is -0.403 e. The number of hydrogen-bond acceptors (Lipinski definition) is 1. The molecule has 0 saturated heterocycles. The molecule has 0 amide bonds. The van der Waals surface area contributed by atoms with Crippen molar-refractivity contribution in [1.29, 1.82) is 0 Å². The predicted molar refractivity (Wildman–Crippen MR) is 48.5 cm³/mol. The first kappa shape index (κ1) is 11.8. The number of benzene rings is 1. The summed E-state index contributed by atoms with van der Waals surface area (Å²) in [7, 11) is 0. The van der Waals surface area contributed by atoms with Gasteiger partial charge in [0.1, 0.15) is 0 Å². The summed E-state index contributed by atoms with van der Waals surface area (Å²) in [5.74, 6) is -1.95. The van der Waals surface area contributed by atoms with Gasteiger partial charge in [-0.1, -0.05) is 0 Å². The highest BCUT2D eigenvalue weighted by Gasteiger charge is 2.32. The molecule has 14 heavy (non-hydrogen) atoms. The zero-order chi connectivity index (χ0) is 10.9. The van der Waals surface area contributed by atoms with E-state index in [2.05, 4.69) is 36.6 Å². The van der Waals surface area contributed by atoms with E-state index in [1.54, 1.807) is 0 Å². The van der Waals surface area contributed by atoms with E-state index in [4.69, 9.17) is 0 Å². The van der Waals surface area contributed by atoms with E-state index in [-0.39, 0.29) is 4.47 Å². The summed E-state index contributed by atoms with van der Waals surface area (Å²) >= 11 is 5.86. The molecule has 0 N–H and O–H groups in total. The maximum Gasteiger partial charge on any atom is 0.573 e. The number of halogens is 6. The van der Waals surface area contributed by atoms with E-state index in [0.29, 0.717) is 4.47 Å². The average Bonchev–Trinajstić information content (AvgIpc) is 1.97. The van der Waals surface area contributed by atoms with Gasteiger partial charge >= 0.3 is 6.36 Å². The molecule has 0 spiro atoms. The van der Waals surface area contributed by atoms with Crippen molar-refractivity contribution in [2.75, 3.05) is 0 Å². The number of rotatable bonds is 1. The summed E-state index contributed by atoms with van der Waals surface area (Å²) in [6.45, 7) is 0. The summed E-state index contributed by atoms with van der Waals surface area (Å²) in [5.41, 5.74) is 0. The van der Waals surface area contributed by atoms with Crippen LogP contribution in [0.25, 0.3) is 0 Å². The van der Waals surface area contributed by atoms with Crippen molar-refractivity contribution in [2.24, 2.45) is 0 Å². The van der Waals surface area contributed by atoms with Crippen molar-refractivity contribution in [3.05, 3.63) is 26.9 Å². The Kier molecular flexibility index (Phi) is 3.41. The third kappa shape index (κ3) is 3.13. The lowest BCUT2D eigenvalue weighted by Gasteiger charge is -2.10. The average molecular weight is 338 g/mol. The molecule has 0 fully saturated rings. The van der Waals surface area contributed by atoms with Crippen LogP contribution in [-0.4, -0.2) is 6.36 Å². The van der Waals surface area contributed by atoms with Crippen LogP contribution in [0.5, 0.6) is 5.75 Å². The summed E-state index contributed by atoms with van der Waals surface area (Å²) in [6, 6.07) is 1.78. The fraction of sp³-hybridized carbons (Fsp3) is 0.143. The molecule has 0 aromatic heterocycles. The molecule has 1 aromatic carbocycles. The maximum absolute atomic E-state index is 12.9. The van der Waals surface area contributed by atoms with Gasteiger partial charge in [0.05, 0.1) is 0 Å². The van der Waals surface area contributed by atoms with Crippen molar-refractivity contribution < 1.29 is 22.3 Å². The van der Waals surface area contributed by atoms with Gasteiger partial charge in [-0.2, -0.15) is 0 Å². The Morgan fingerprint density at radius 2 is 1.57 bits per heavy atom. The molecule has 0 unspecified atom stereocenters. The van der Waals surface area contributed by atoms with Crippen molar-refractivity contribution in [3.63, 3.8) is 0 Å². The first-order chi connectivity index (χ1) is 6.29. The molecule has 1 aromatic rings. The summed E-state index contributed by atoms with van der Waals surface area (Å²) in [5, 5.41) is 0. The van der Waals surface area contributed by atoms with Gasteiger partial charge in [-0.3, -0.25) is 0 Å². The van der Waals surface area contributed by atoms with E-state index in [9.17, 15) is 17.6 Å². The molecule has 7 heteroatoms. The topological polar surface area (TPSA) is 9.23 Å². The molecule has 0 heterocycles. The maximum atomic E-state index is 12.9. The van der Waals surface area contributed by atoms with Gasteiger partial charge in [-0.25, -0.2) is 4.39 Å². The molecule has 0 aliphatic carbocycles. The fourth-order valence-electron chi connectivity index (χ4n) is 0.707. The third-order valence-corrected chi connectivity index (χ3v) is 3.04. The number of alkyl halides is 3. The molecular weight excluding hydrogens is 336 g/mol. The first-order valence-corrected chi connectivity index (χ1v) is 4.78. The quantitative estimate of drug-likeness (QED) is 0.550. The highest BCUT2D eigenvalue weighted by atomic mass is 79.9. The Bertz CT molecular complexity index is 350. The Morgan fingerprint density at radius 1 is 1.07 bits per heavy atom. The lowest BCUT2D eigenvalue weighted by molar-refractivity contribution is -0.275. The standard InChI is InChI=1S/C7H2Br2F4O/c8-3-1-5(10)6(2-4(3)9)14-7(11,12)13/h1-2H. The van der Waals surface area contributed by atoms with Crippen LogP contribution in [0, 0.1) is 5.82 Å². The van der Waals surface area contributed by atoms with Crippen LogP contribution in [0.3, 0.4) is 0 Å². The second kappa shape index (κ2) is 4.06. The largest absolute Gasteiger partial charge is 0.573 e. The minimum absolute atomic E-state index is 0.276. The summed E-state index contributed by atoms with van der Waals surface area (Å²) in [6.07, 6.45) is -4.89. The van der Waals surface area contributed by atoms with Crippen molar-refractivity contribution >= 4 is 31.9 Å². The molecule has 0 aliphatic heterocycles. The molecule has 1 nitrogen and oxygen atoms in total. The Morgan fingerprint density at radius 3 is 2.07 bits per heavy atom. The van der Waals surface area contributed by atoms with E-state index >= 15 is 0 Å². The summed E-state index contributed by atoms with van der Waals surface area (Å²) in [4.78, 5) is 0. The smallest absolute Gasteiger partial charge is 0.403 e. The fourth-order valence-corrected chi connectivity index (χ4v) is 1.35. The van der Waals surface area contributed by atoms with Crippen LogP contribution in [-0.2, 0) is 0 Å². The lowest BCUT2D eigenvalue weighted by atomic mass is 10.3. The Hall–Kier alpha value is -0.300. The van der Waals surface area contributed by atoms with Crippen LogP contribution in [0.15, 0.2) is 21.1 Å². The molecule has 0 radical (unpaired) electrons. The first-order valence-electron chi connectivity index (χ1n) is 3.20. The summed E-state index contributed by atoms with van der Waals surface area (Å²) < 4.78 is 52.1. The van der Waals surface area contributed by atoms with Gasteiger partial charge in [-0.15, -0.1) is 13.2 Å². The predicted octanol–water partition coefficient (Wildman–Crippen LogP) is 4.25. The van der Waals surface area contributed by atoms with Crippen LogP contribution in [0.4, 0.5) is 17.6 Å². The highest BCUT2D eigenvalue weighted by molar-refractivity contribution is 9.13. The van der Waals surface area contributed by atoms with E-state index in [0.717, 1.165) is 12.1 Å². The zero-order valence-corrected chi connectivity index (χ0v) is 9.50. The second-order valence-electron chi connectivity index (χ2n) is 2.24. The van der Waals surface area contributed by atoms with Gasteiger partial charge in [0.25, 0.3) is 0 Å². The third-order valence-electron chi connectivity index (χ3n) is 1.20. The molecule has 78 valence electrons. The number of hydrogen-bond donors (Lipinski definition) is 0. The van der Waals surface area contributed by atoms with E-state index in [1.807, 2.05) is 0 Å². The molecule has 0 aliphatic rings. The van der Waals surface area contributed by atoms with Crippen molar-refractivity contribution in [1.82, 2.24) is 0 Å². The molecule has 0 saturated carbocycles. The highest BCUT2D eigenvalue weighted by Crippen LogP contribution is 2.32. The molecular formula is C7H2Br2F4O. The van der Waals surface area contributed by atoms with Crippen LogP contribution < -0.4 is 4.74 Å². The van der Waals surface area contributed by atoms with Gasteiger partial charge < -0.3 is 4.74 Å². The molecule has 1 rings (SSSR count). The van der Waals surface area contributed by atoms with Gasteiger partial charge in [0.15, 0.2) is 11.6 Å². The Labute approximate surface area is 93.3 Å². The van der Waals surface area contributed by atoms with E-state index < -0.39 is 17.9 Å². The van der Waals surface area contributed by atoms with Crippen LogP contribution >= 0.6 is 31.9 Å². The van der Waals surface area contributed by atoms with Crippen LogP contribution in [0.2, 0.25) is 0 Å². The zero-order valence-electron chi connectivity index (χ0n) is 6.33. The lowest BCUT2D eigenvalue weighted by Crippen LogP contribution is -2.17. The SMILES string of the molecule is Fc1cc(Br)c(Br)cc1OC(F)(F)F. The number of ether oxygens (including phenoxy) is 1. The monoisotopic (exact) mass is 336 g/mol. The Balaban J connectivity index is 3.04. The second-order valence-corrected chi connectivity index (χ2v) is 3.95. The van der Waals surface area contributed by atoms with Crippen LogP contribution in [0.1, 0.15) is 0 Å². The van der Waals surface area contributed by atoms with Crippen molar-refractivity contribution in [3.8, 4) is 5.75 Å². The molecule has 0 bridgehead atoms. The van der Waals surface area contributed by atoms with E-state index in [1.165, 1.54) is 0 Å². The minimum atomic E-state index is -4.89. The molecule has 0 atom stereocenters.